The van der Waals surface area contributed by atoms with Crippen molar-refractivity contribution in [2.75, 3.05) is 27.3 Å². The van der Waals surface area contributed by atoms with E-state index in [-0.39, 0.29) is 25.3 Å². The van der Waals surface area contributed by atoms with Crippen molar-refractivity contribution in [1.29, 1.82) is 0 Å². The van der Waals surface area contributed by atoms with Crippen molar-refractivity contribution in [3.8, 4) is 0 Å². The zero-order chi connectivity index (χ0) is 13.7. The van der Waals surface area contributed by atoms with E-state index in [1.807, 2.05) is 0 Å². The van der Waals surface area contributed by atoms with Crippen molar-refractivity contribution >= 4 is 0 Å². The highest BCUT2D eigenvalue weighted by Gasteiger charge is 2.13. The van der Waals surface area contributed by atoms with E-state index in [0.29, 0.717) is 6.07 Å². The zero-order valence-corrected chi connectivity index (χ0v) is 10.3. The second kappa shape index (κ2) is 6.72. The van der Waals surface area contributed by atoms with Crippen LogP contribution in [-0.2, 0) is 11.3 Å². The van der Waals surface area contributed by atoms with Crippen LogP contribution in [0.4, 0.5) is 13.2 Å². The van der Waals surface area contributed by atoms with E-state index in [1.54, 1.807) is 11.9 Å². The highest BCUT2D eigenvalue weighted by atomic mass is 19.2. The average molecular weight is 263 g/mol. The number of methoxy groups -OCH3 is 1. The van der Waals surface area contributed by atoms with Gasteiger partial charge in [0.1, 0.15) is 5.82 Å². The summed E-state index contributed by atoms with van der Waals surface area (Å²) in [4.78, 5) is 1.60. The molecule has 102 valence electrons. The Hall–Kier alpha value is -1.11. The highest BCUT2D eigenvalue weighted by Crippen LogP contribution is 2.15. The molecule has 0 aromatic heterocycles. The van der Waals surface area contributed by atoms with E-state index in [2.05, 4.69) is 0 Å². The van der Waals surface area contributed by atoms with Gasteiger partial charge in [-0.1, -0.05) is 0 Å². The Balaban J connectivity index is 2.64. The lowest BCUT2D eigenvalue weighted by Gasteiger charge is -2.20. The number of aliphatic hydroxyl groups excluding tert-OH is 1. The van der Waals surface area contributed by atoms with Gasteiger partial charge in [-0.15, -0.1) is 0 Å². The smallest absolute Gasteiger partial charge is 0.161 e. The van der Waals surface area contributed by atoms with E-state index in [0.717, 1.165) is 6.07 Å². The molecule has 0 radical (unpaired) electrons. The van der Waals surface area contributed by atoms with Crippen LogP contribution in [0.2, 0.25) is 0 Å². The van der Waals surface area contributed by atoms with Gasteiger partial charge in [-0.25, -0.2) is 13.2 Å². The Morgan fingerprint density at radius 2 is 1.83 bits per heavy atom. The third kappa shape index (κ3) is 4.29. The van der Waals surface area contributed by atoms with E-state index in [4.69, 9.17) is 4.74 Å². The maximum Gasteiger partial charge on any atom is 0.161 e. The minimum Gasteiger partial charge on any atom is -0.389 e. The summed E-state index contributed by atoms with van der Waals surface area (Å²) in [6, 6.07) is 1.34. The maximum absolute atomic E-state index is 13.4. The number of rotatable bonds is 6. The molecule has 0 aliphatic carbocycles. The minimum absolute atomic E-state index is 0.0426. The van der Waals surface area contributed by atoms with E-state index >= 15 is 0 Å². The SMILES string of the molecule is COCC(O)CN(C)Cc1cc(F)c(F)cc1F. The van der Waals surface area contributed by atoms with Crippen molar-refractivity contribution < 1.29 is 23.0 Å². The molecule has 0 amide bonds. The molecule has 0 saturated carbocycles. The first kappa shape index (κ1) is 14.9. The number of aliphatic hydroxyl groups is 1. The number of hydrogen-bond acceptors (Lipinski definition) is 3. The third-order valence-electron chi connectivity index (χ3n) is 2.41. The van der Waals surface area contributed by atoms with Gasteiger partial charge in [-0.05, 0) is 13.1 Å². The van der Waals surface area contributed by atoms with Crippen LogP contribution in [0.25, 0.3) is 0 Å². The highest BCUT2D eigenvalue weighted by molar-refractivity contribution is 5.19. The lowest BCUT2D eigenvalue weighted by molar-refractivity contribution is 0.0416. The van der Waals surface area contributed by atoms with Crippen molar-refractivity contribution in [3.63, 3.8) is 0 Å². The molecule has 1 atom stereocenters. The molecule has 0 saturated heterocycles. The summed E-state index contributed by atoms with van der Waals surface area (Å²) in [6.07, 6.45) is -0.714. The molecule has 1 aromatic rings. The molecular formula is C12H16F3NO2. The summed E-state index contributed by atoms with van der Waals surface area (Å²) in [5, 5.41) is 9.47. The summed E-state index contributed by atoms with van der Waals surface area (Å²) in [6.45, 7) is 0.473. The number of likely N-dealkylation sites (N-methyl/N-ethyl adjacent to an activating group) is 1. The third-order valence-corrected chi connectivity index (χ3v) is 2.41. The monoisotopic (exact) mass is 263 g/mol. The second-order valence-electron chi connectivity index (χ2n) is 4.16. The topological polar surface area (TPSA) is 32.7 Å². The minimum atomic E-state index is -1.21. The van der Waals surface area contributed by atoms with Crippen LogP contribution in [0.15, 0.2) is 12.1 Å². The van der Waals surface area contributed by atoms with Crippen molar-refractivity contribution in [3.05, 3.63) is 35.1 Å². The van der Waals surface area contributed by atoms with Gasteiger partial charge in [0.05, 0.1) is 12.7 Å². The Kier molecular flexibility index (Phi) is 5.58. The summed E-state index contributed by atoms with van der Waals surface area (Å²) in [7, 11) is 3.10. The Bertz CT molecular complexity index is 401. The van der Waals surface area contributed by atoms with Crippen molar-refractivity contribution in [1.82, 2.24) is 4.90 Å². The summed E-state index contributed by atoms with van der Waals surface area (Å²) in [5.41, 5.74) is 0.0426. The van der Waals surface area contributed by atoms with Crippen molar-refractivity contribution in [2.24, 2.45) is 0 Å². The maximum atomic E-state index is 13.4. The summed E-state index contributed by atoms with van der Waals surface area (Å²) < 4.78 is 43.8. The van der Waals surface area contributed by atoms with Crippen LogP contribution in [0.5, 0.6) is 0 Å². The molecular weight excluding hydrogens is 247 g/mol. The Morgan fingerprint density at radius 1 is 1.22 bits per heavy atom. The van der Waals surface area contributed by atoms with Crippen LogP contribution in [0.3, 0.4) is 0 Å². The van der Waals surface area contributed by atoms with Gasteiger partial charge in [0.25, 0.3) is 0 Å². The van der Waals surface area contributed by atoms with Gasteiger partial charge < -0.3 is 9.84 Å². The molecule has 0 aliphatic rings. The quantitative estimate of drug-likeness (QED) is 0.790. The van der Waals surface area contributed by atoms with E-state index in [1.165, 1.54) is 7.11 Å². The summed E-state index contributed by atoms with van der Waals surface area (Å²) >= 11 is 0. The molecule has 0 fully saturated rings. The van der Waals surface area contributed by atoms with Crippen molar-refractivity contribution in [2.45, 2.75) is 12.6 Å². The fraction of sp³-hybridized carbons (Fsp3) is 0.500. The van der Waals surface area contributed by atoms with E-state index in [9.17, 15) is 18.3 Å². The largest absolute Gasteiger partial charge is 0.389 e. The Labute approximate surface area is 104 Å². The fourth-order valence-corrected chi connectivity index (χ4v) is 1.65. The predicted octanol–water partition coefficient (Wildman–Crippen LogP) is 1.54. The normalized spacial score (nSPS) is 13.1. The number of halogens is 3. The molecule has 18 heavy (non-hydrogen) atoms. The first-order chi connectivity index (χ1) is 8.43. The van der Waals surface area contributed by atoms with Crippen LogP contribution < -0.4 is 0 Å². The van der Waals surface area contributed by atoms with Crippen LogP contribution >= 0.6 is 0 Å². The molecule has 0 bridgehead atoms. The van der Waals surface area contributed by atoms with Gasteiger partial charge in [-0.2, -0.15) is 0 Å². The molecule has 3 nitrogen and oxygen atoms in total. The average Bonchev–Trinajstić information content (AvgIpc) is 2.26. The van der Waals surface area contributed by atoms with Gasteiger partial charge in [-0.3, -0.25) is 4.90 Å². The van der Waals surface area contributed by atoms with Gasteiger partial charge in [0.2, 0.25) is 0 Å². The first-order valence-corrected chi connectivity index (χ1v) is 5.43. The lowest BCUT2D eigenvalue weighted by atomic mass is 10.2. The number of hydrogen-bond donors (Lipinski definition) is 1. The fourth-order valence-electron chi connectivity index (χ4n) is 1.65. The molecule has 1 unspecified atom stereocenters. The molecule has 1 rings (SSSR count). The number of nitrogens with zero attached hydrogens (tertiary/aromatic N) is 1. The first-order valence-electron chi connectivity index (χ1n) is 5.43. The molecule has 1 N–H and O–H groups in total. The van der Waals surface area contributed by atoms with Crippen LogP contribution in [0, 0.1) is 17.5 Å². The molecule has 6 heteroatoms. The van der Waals surface area contributed by atoms with Gasteiger partial charge in [0.15, 0.2) is 11.6 Å². The Morgan fingerprint density at radius 3 is 2.44 bits per heavy atom. The van der Waals surface area contributed by atoms with Crippen LogP contribution in [0.1, 0.15) is 5.56 Å². The standard InChI is InChI=1S/C12H16F3NO2/c1-16(6-9(17)7-18-2)5-8-3-11(14)12(15)4-10(8)13/h3-4,9,17H,5-7H2,1-2H3. The predicted molar refractivity (Wildman–Crippen MR) is 60.5 cm³/mol. The van der Waals surface area contributed by atoms with Gasteiger partial charge >= 0.3 is 0 Å². The molecule has 0 spiro atoms. The molecule has 0 heterocycles. The molecule has 0 aliphatic heterocycles. The summed E-state index contributed by atoms with van der Waals surface area (Å²) in [5.74, 6) is -3.10. The van der Waals surface area contributed by atoms with E-state index < -0.39 is 23.6 Å². The van der Waals surface area contributed by atoms with Crippen LogP contribution in [-0.4, -0.2) is 43.4 Å². The lowest BCUT2D eigenvalue weighted by Crippen LogP contribution is -2.31. The number of ether oxygens (including phenoxy) is 1. The molecule has 1 aromatic carbocycles. The second-order valence-corrected chi connectivity index (χ2v) is 4.16. The zero-order valence-electron chi connectivity index (χ0n) is 10.3. The van der Waals surface area contributed by atoms with Gasteiger partial charge in [0, 0.05) is 31.8 Å². The number of benzene rings is 1.